The zero-order chi connectivity index (χ0) is 22.7. The van der Waals surface area contributed by atoms with E-state index in [2.05, 4.69) is 26.6 Å². The first-order valence-corrected chi connectivity index (χ1v) is 11.4. The van der Waals surface area contributed by atoms with Gasteiger partial charge < -0.3 is 15.9 Å². The van der Waals surface area contributed by atoms with Gasteiger partial charge in [-0.1, -0.05) is 0 Å². The molecule has 1 unspecified atom stereocenters. The van der Waals surface area contributed by atoms with E-state index < -0.39 is 0 Å². The van der Waals surface area contributed by atoms with Crippen molar-refractivity contribution in [3.8, 4) is 11.8 Å². The van der Waals surface area contributed by atoms with Crippen molar-refractivity contribution in [3.63, 3.8) is 0 Å². The number of hydrazone groups is 1. The van der Waals surface area contributed by atoms with Crippen LogP contribution in [0.1, 0.15) is 54.6 Å². The van der Waals surface area contributed by atoms with E-state index in [0.29, 0.717) is 22.5 Å². The van der Waals surface area contributed by atoms with Crippen molar-refractivity contribution in [2.45, 2.75) is 45.8 Å². The van der Waals surface area contributed by atoms with Crippen molar-refractivity contribution >= 4 is 28.3 Å². The molecule has 3 aromatic heterocycles. The van der Waals surface area contributed by atoms with Gasteiger partial charge in [-0.2, -0.15) is 15.5 Å². The number of hydrogen-bond donors (Lipinski definition) is 2. The first-order valence-electron chi connectivity index (χ1n) is 10.5. The molecule has 0 saturated carbocycles. The van der Waals surface area contributed by atoms with Gasteiger partial charge in [-0.3, -0.25) is 4.99 Å². The highest BCUT2D eigenvalue weighted by molar-refractivity contribution is 7.09. The maximum atomic E-state index is 9.56. The van der Waals surface area contributed by atoms with Crippen LogP contribution in [-0.2, 0) is 0 Å². The van der Waals surface area contributed by atoms with E-state index in [4.69, 9.17) is 15.6 Å². The number of nitrogens with zero attached hydrogens (tertiary/aromatic N) is 6. The molecule has 1 fully saturated rings. The minimum atomic E-state index is -0.303. The van der Waals surface area contributed by atoms with Gasteiger partial charge >= 0.3 is 0 Å². The van der Waals surface area contributed by atoms with Crippen LogP contribution >= 0.6 is 11.3 Å². The zero-order valence-electron chi connectivity index (χ0n) is 18.4. The van der Waals surface area contributed by atoms with Gasteiger partial charge in [0.2, 0.25) is 0 Å². The molecule has 4 heterocycles. The standard InChI is InChI=1S/C22H26N8OS/c1-13(27-18-4-6-25-7-5-18)21(29-24)16-8-20(22-17(9-23)10-26-30(22)11-16)31-14(2)19-12-32-15(3)28-19/h8,10-12,14,18,25H,4-7,24H2,1-3H3/b27-13?,29-21+. The van der Waals surface area contributed by atoms with Crippen LogP contribution in [-0.4, -0.2) is 45.2 Å². The van der Waals surface area contributed by atoms with Crippen molar-refractivity contribution in [2.24, 2.45) is 15.9 Å². The highest BCUT2D eigenvalue weighted by atomic mass is 32.1. The molecule has 3 N–H and O–H groups in total. The quantitative estimate of drug-likeness (QED) is 0.338. The van der Waals surface area contributed by atoms with Gasteiger partial charge in [-0.25, -0.2) is 9.50 Å². The average molecular weight is 451 g/mol. The van der Waals surface area contributed by atoms with Gasteiger partial charge in [0.1, 0.15) is 34.7 Å². The summed E-state index contributed by atoms with van der Waals surface area (Å²) in [5.74, 6) is 6.31. The van der Waals surface area contributed by atoms with Crippen LogP contribution < -0.4 is 15.9 Å². The second-order valence-electron chi connectivity index (χ2n) is 7.78. The molecule has 9 nitrogen and oxygen atoms in total. The third-order valence-corrected chi connectivity index (χ3v) is 6.28. The number of aliphatic imine (C=N–C) groups is 1. The van der Waals surface area contributed by atoms with E-state index in [1.165, 1.54) is 6.20 Å². The molecule has 0 aliphatic carbocycles. The van der Waals surface area contributed by atoms with Crippen molar-refractivity contribution in [1.29, 1.82) is 5.26 Å². The lowest BCUT2D eigenvalue weighted by Gasteiger charge is -2.20. The summed E-state index contributed by atoms with van der Waals surface area (Å²) >= 11 is 1.57. The highest BCUT2D eigenvalue weighted by Crippen LogP contribution is 2.30. The Morgan fingerprint density at radius 2 is 2.22 bits per heavy atom. The number of nitrogens with two attached hydrogens (primary N) is 1. The Morgan fingerprint density at radius 3 is 2.88 bits per heavy atom. The Balaban J connectivity index is 1.73. The molecule has 10 heteroatoms. The average Bonchev–Trinajstić information content (AvgIpc) is 3.41. The molecule has 0 aromatic carbocycles. The molecule has 0 radical (unpaired) electrons. The summed E-state index contributed by atoms with van der Waals surface area (Å²) in [6.45, 7) is 7.72. The SMILES string of the molecule is CC(=NC1CCNCC1)/C(=N\N)c1cc(OC(C)c2csc(C)n2)c2c(C#N)cnn2c1. The lowest BCUT2D eigenvalue weighted by atomic mass is 10.0. The number of nitriles is 1. The maximum absolute atomic E-state index is 9.56. The molecule has 166 valence electrons. The zero-order valence-corrected chi connectivity index (χ0v) is 19.2. The molecular formula is C22H26N8OS. The Morgan fingerprint density at radius 1 is 1.44 bits per heavy atom. The molecule has 1 aliphatic heterocycles. The number of aromatic nitrogens is 3. The first kappa shape index (κ1) is 21.9. The number of pyridine rings is 1. The fourth-order valence-electron chi connectivity index (χ4n) is 3.85. The van der Waals surface area contributed by atoms with Crippen LogP contribution in [0.4, 0.5) is 0 Å². The summed E-state index contributed by atoms with van der Waals surface area (Å²) in [5.41, 5.74) is 3.92. The predicted molar refractivity (Wildman–Crippen MR) is 126 cm³/mol. The number of ether oxygens (including phenoxy) is 1. The Bertz CT molecular complexity index is 1210. The lowest BCUT2D eigenvalue weighted by Crippen LogP contribution is -2.31. The number of rotatable bonds is 6. The third kappa shape index (κ3) is 4.49. The molecule has 3 aromatic rings. The van der Waals surface area contributed by atoms with E-state index in [9.17, 15) is 5.26 Å². The molecule has 4 rings (SSSR count). The summed E-state index contributed by atoms with van der Waals surface area (Å²) in [6.07, 6.45) is 4.99. The summed E-state index contributed by atoms with van der Waals surface area (Å²) in [4.78, 5) is 9.38. The van der Waals surface area contributed by atoms with Crippen LogP contribution in [0.5, 0.6) is 5.75 Å². The van der Waals surface area contributed by atoms with Crippen molar-refractivity contribution in [3.05, 3.63) is 45.7 Å². The summed E-state index contributed by atoms with van der Waals surface area (Å²) in [5, 5.41) is 24.2. The fraction of sp³-hybridized carbons (Fsp3) is 0.409. The van der Waals surface area contributed by atoms with Crippen LogP contribution in [0.15, 0.2) is 33.9 Å². The van der Waals surface area contributed by atoms with Crippen molar-refractivity contribution in [2.75, 3.05) is 13.1 Å². The molecule has 0 spiro atoms. The summed E-state index contributed by atoms with van der Waals surface area (Å²) < 4.78 is 7.91. The second kappa shape index (κ2) is 9.46. The highest BCUT2D eigenvalue weighted by Gasteiger charge is 2.20. The van der Waals surface area contributed by atoms with Crippen LogP contribution in [0.25, 0.3) is 5.52 Å². The molecular weight excluding hydrogens is 424 g/mol. The maximum Gasteiger partial charge on any atom is 0.148 e. The molecule has 32 heavy (non-hydrogen) atoms. The van der Waals surface area contributed by atoms with E-state index in [0.717, 1.165) is 47.9 Å². The molecule has 1 saturated heterocycles. The number of piperidine rings is 1. The van der Waals surface area contributed by atoms with Gasteiger partial charge in [0.05, 0.1) is 28.7 Å². The Kier molecular flexibility index (Phi) is 6.48. The Hall–Kier alpha value is -3.29. The predicted octanol–water partition coefficient (Wildman–Crippen LogP) is 2.99. The van der Waals surface area contributed by atoms with Gasteiger partial charge in [0.15, 0.2) is 0 Å². The lowest BCUT2D eigenvalue weighted by molar-refractivity contribution is 0.224. The molecule has 0 bridgehead atoms. The van der Waals surface area contributed by atoms with E-state index in [1.54, 1.807) is 22.0 Å². The Labute approximate surface area is 190 Å². The fourth-order valence-corrected chi connectivity index (χ4v) is 4.54. The number of thiazole rings is 1. The first-order chi connectivity index (χ1) is 15.5. The monoisotopic (exact) mass is 450 g/mol. The van der Waals surface area contributed by atoms with E-state index in [-0.39, 0.29) is 12.1 Å². The summed E-state index contributed by atoms with van der Waals surface area (Å²) in [7, 11) is 0. The largest absolute Gasteiger partial charge is 0.482 e. The van der Waals surface area contributed by atoms with Gasteiger partial charge in [-0.05, 0) is 52.8 Å². The smallest absolute Gasteiger partial charge is 0.148 e. The third-order valence-electron chi connectivity index (χ3n) is 5.48. The number of aryl methyl sites for hydroxylation is 1. The van der Waals surface area contributed by atoms with Crippen molar-refractivity contribution < 1.29 is 4.74 Å². The summed E-state index contributed by atoms with van der Waals surface area (Å²) in [6, 6.07) is 4.28. The number of fused-ring (bicyclic) bond motifs is 1. The molecule has 1 atom stereocenters. The number of hydrogen-bond acceptors (Lipinski definition) is 9. The topological polar surface area (TPSA) is 126 Å². The minimum Gasteiger partial charge on any atom is -0.482 e. The molecule has 1 aliphatic rings. The van der Waals surface area contributed by atoms with E-state index in [1.807, 2.05) is 32.2 Å². The van der Waals surface area contributed by atoms with Crippen LogP contribution in [0.3, 0.4) is 0 Å². The minimum absolute atomic E-state index is 0.246. The molecule has 0 amide bonds. The number of nitrogens with one attached hydrogen (secondary N) is 1. The van der Waals surface area contributed by atoms with Crippen LogP contribution in [0.2, 0.25) is 0 Å². The second-order valence-corrected chi connectivity index (χ2v) is 8.84. The van der Waals surface area contributed by atoms with E-state index >= 15 is 0 Å². The van der Waals surface area contributed by atoms with Gasteiger partial charge in [0.25, 0.3) is 0 Å². The van der Waals surface area contributed by atoms with Gasteiger partial charge in [0, 0.05) is 17.1 Å². The van der Waals surface area contributed by atoms with Gasteiger partial charge in [-0.15, -0.1) is 11.3 Å². The normalized spacial score (nSPS) is 16.8. The van der Waals surface area contributed by atoms with Crippen LogP contribution in [0, 0.1) is 18.3 Å². The van der Waals surface area contributed by atoms with Crippen molar-refractivity contribution in [1.82, 2.24) is 19.9 Å².